The van der Waals surface area contributed by atoms with Gasteiger partial charge in [0.1, 0.15) is 0 Å². The van der Waals surface area contributed by atoms with Crippen molar-refractivity contribution in [2.24, 2.45) is 0 Å². The minimum Gasteiger partial charge on any atom is -0.0759 e. The van der Waals surface area contributed by atoms with Gasteiger partial charge in [-0.1, -0.05) is 86.2 Å². The van der Waals surface area contributed by atoms with Gasteiger partial charge in [-0.2, -0.15) is 0 Å². The lowest BCUT2D eigenvalue weighted by Crippen LogP contribution is -1.96. The summed E-state index contributed by atoms with van der Waals surface area (Å²) >= 11 is 0. The predicted molar refractivity (Wildman–Crippen MR) is 121 cm³/mol. The van der Waals surface area contributed by atoms with Crippen LogP contribution in [0.4, 0.5) is 0 Å². The lowest BCUT2D eigenvalue weighted by molar-refractivity contribution is 1.02. The fraction of sp³-hybridized carbons (Fsp3) is 0.286. The zero-order valence-corrected chi connectivity index (χ0v) is 17.4. The fourth-order valence-corrected chi connectivity index (χ4v) is 4.45. The van der Waals surface area contributed by atoms with E-state index in [-0.39, 0.29) is 0 Å². The summed E-state index contributed by atoms with van der Waals surface area (Å²) in [6.45, 7) is 6.69. The predicted octanol–water partition coefficient (Wildman–Crippen LogP) is 6.89. The van der Waals surface area contributed by atoms with E-state index in [2.05, 4.69) is 87.5 Å². The smallest absolute Gasteiger partial charge is 0.00227 e. The van der Waals surface area contributed by atoms with E-state index in [9.17, 15) is 0 Å². The van der Waals surface area contributed by atoms with Crippen LogP contribution in [0.2, 0.25) is 0 Å². The van der Waals surface area contributed by atoms with Crippen LogP contribution in [-0.4, -0.2) is 0 Å². The van der Waals surface area contributed by atoms with Crippen molar-refractivity contribution in [2.75, 3.05) is 0 Å². The lowest BCUT2D eigenvalue weighted by Gasteiger charge is -2.11. The molecular weight excluding hydrogens is 336 g/mol. The van der Waals surface area contributed by atoms with Crippen molar-refractivity contribution in [3.63, 3.8) is 0 Å². The van der Waals surface area contributed by atoms with Crippen molar-refractivity contribution in [1.82, 2.24) is 0 Å². The summed E-state index contributed by atoms with van der Waals surface area (Å²) in [4.78, 5) is 0. The number of hydrogen-bond donors (Lipinski definition) is 0. The molecule has 0 heterocycles. The van der Waals surface area contributed by atoms with E-state index in [4.69, 9.17) is 0 Å². The molecule has 0 atom stereocenters. The first-order valence-electron chi connectivity index (χ1n) is 10.6. The molecule has 0 saturated carbocycles. The standard InChI is InChI=1S/C28H30/c1-4-24-12-10-23(18-25(24)5-2)17-21-7-6-8-22(16-21)19-27-14-13-26-11-9-20(3)15-28(26)27/h6-12,14-16,18H,4-5,13,17,19H2,1-3H3. The third kappa shape index (κ3) is 3.97. The van der Waals surface area contributed by atoms with Gasteiger partial charge in [0.05, 0.1) is 0 Å². The van der Waals surface area contributed by atoms with Gasteiger partial charge in [-0.15, -0.1) is 0 Å². The van der Waals surface area contributed by atoms with Crippen LogP contribution in [-0.2, 0) is 32.1 Å². The average Bonchev–Trinajstić information content (AvgIpc) is 3.10. The third-order valence-corrected chi connectivity index (χ3v) is 6.01. The summed E-state index contributed by atoms with van der Waals surface area (Å²) in [6.07, 6.45) is 7.76. The number of hydrogen-bond acceptors (Lipinski definition) is 0. The molecule has 142 valence electrons. The molecule has 1 aliphatic carbocycles. The van der Waals surface area contributed by atoms with Crippen molar-refractivity contribution in [3.8, 4) is 0 Å². The minimum absolute atomic E-state index is 1.01. The Labute approximate surface area is 169 Å². The maximum atomic E-state index is 2.41. The third-order valence-electron chi connectivity index (χ3n) is 6.01. The van der Waals surface area contributed by atoms with Crippen LogP contribution in [0.5, 0.6) is 0 Å². The van der Waals surface area contributed by atoms with Crippen LogP contribution in [0, 0.1) is 6.92 Å². The molecule has 0 heteroatoms. The molecule has 0 aromatic heterocycles. The van der Waals surface area contributed by atoms with Crippen molar-refractivity contribution < 1.29 is 0 Å². The maximum Gasteiger partial charge on any atom is -0.00227 e. The molecule has 1 aliphatic rings. The second-order valence-corrected chi connectivity index (χ2v) is 8.08. The average molecular weight is 367 g/mol. The zero-order valence-electron chi connectivity index (χ0n) is 17.4. The fourth-order valence-electron chi connectivity index (χ4n) is 4.45. The second kappa shape index (κ2) is 8.19. The molecule has 0 spiro atoms. The largest absolute Gasteiger partial charge is 0.0759 e. The molecule has 0 saturated heterocycles. The first kappa shape index (κ1) is 18.7. The van der Waals surface area contributed by atoms with E-state index >= 15 is 0 Å². The van der Waals surface area contributed by atoms with E-state index in [1.165, 1.54) is 50.1 Å². The van der Waals surface area contributed by atoms with Crippen molar-refractivity contribution >= 4 is 5.57 Å². The Kier molecular flexibility index (Phi) is 5.48. The molecule has 4 rings (SSSR count). The zero-order chi connectivity index (χ0) is 19.5. The summed E-state index contributed by atoms with van der Waals surface area (Å²) in [5, 5.41) is 0. The second-order valence-electron chi connectivity index (χ2n) is 8.08. The first-order valence-corrected chi connectivity index (χ1v) is 10.6. The van der Waals surface area contributed by atoms with Crippen LogP contribution in [0.25, 0.3) is 5.57 Å². The maximum absolute atomic E-state index is 2.41. The SMILES string of the molecule is CCc1ccc(Cc2cccc(CC3=CCc4ccc(C)cc43)c2)cc1CC. The normalized spacial score (nSPS) is 12.8. The van der Waals surface area contributed by atoms with E-state index in [0.717, 1.165) is 32.1 Å². The lowest BCUT2D eigenvalue weighted by atomic mass is 9.94. The van der Waals surface area contributed by atoms with Crippen LogP contribution in [0.15, 0.2) is 66.7 Å². The van der Waals surface area contributed by atoms with Gasteiger partial charge in [0.15, 0.2) is 0 Å². The molecule has 0 nitrogen and oxygen atoms in total. The molecule has 0 bridgehead atoms. The van der Waals surface area contributed by atoms with E-state index in [1.54, 1.807) is 0 Å². The highest BCUT2D eigenvalue weighted by atomic mass is 14.2. The molecule has 0 fully saturated rings. The molecule has 3 aromatic rings. The van der Waals surface area contributed by atoms with Gasteiger partial charge < -0.3 is 0 Å². The van der Waals surface area contributed by atoms with Gasteiger partial charge >= 0.3 is 0 Å². The van der Waals surface area contributed by atoms with Crippen LogP contribution in [0.1, 0.15) is 58.4 Å². The Morgan fingerprint density at radius 3 is 2.25 bits per heavy atom. The van der Waals surface area contributed by atoms with E-state index in [0.29, 0.717) is 0 Å². The van der Waals surface area contributed by atoms with Crippen molar-refractivity contribution in [1.29, 1.82) is 0 Å². The van der Waals surface area contributed by atoms with Crippen LogP contribution >= 0.6 is 0 Å². The summed E-state index contributed by atoms with van der Waals surface area (Å²) < 4.78 is 0. The van der Waals surface area contributed by atoms with Gasteiger partial charge in [-0.25, -0.2) is 0 Å². The quantitative estimate of drug-likeness (QED) is 0.445. The molecule has 0 radical (unpaired) electrons. The number of rotatable bonds is 6. The van der Waals surface area contributed by atoms with Gasteiger partial charge in [0.25, 0.3) is 0 Å². The van der Waals surface area contributed by atoms with Gasteiger partial charge in [-0.3, -0.25) is 0 Å². The molecule has 0 unspecified atom stereocenters. The number of benzene rings is 3. The summed E-state index contributed by atoms with van der Waals surface area (Å²) in [6, 6.07) is 23.1. The number of fused-ring (bicyclic) bond motifs is 1. The van der Waals surface area contributed by atoms with Crippen LogP contribution in [0.3, 0.4) is 0 Å². The first-order chi connectivity index (χ1) is 13.7. The van der Waals surface area contributed by atoms with Gasteiger partial charge in [0, 0.05) is 0 Å². The summed E-state index contributed by atoms with van der Waals surface area (Å²) in [5.74, 6) is 0. The summed E-state index contributed by atoms with van der Waals surface area (Å²) in [5.41, 5.74) is 13.0. The molecule has 28 heavy (non-hydrogen) atoms. The number of aryl methyl sites for hydroxylation is 3. The highest BCUT2D eigenvalue weighted by molar-refractivity contribution is 5.75. The van der Waals surface area contributed by atoms with E-state index < -0.39 is 0 Å². The van der Waals surface area contributed by atoms with Crippen molar-refractivity contribution in [3.05, 3.63) is 111 Å². The Morgan fingerprint density at radius 2 is 1.46 bits per heavy atom. The van der Waals surface area contributed by atoms with E-state index in [1.807, 2.05) is 0 Å². The highest BCUT2D eigenvalue weighted by Crippen LogP contribution is 2.31. The van der Waals surface area contributed by atoms with Gasteiger partial charge in [-0.05, 0) is 83.5 Å². The molecular formula is C28H30. The molecule has 0 amide bonds. The molecule has 0 N–H and O–H groups in total. The van der Waals surface area contributed by atoms with Gasteiger partial charge in [0.2, 0.25) is 0 Å². The molecule has 0 aliphatic heterocycles. The summed E-state index contributed by atoms with van der Waals surface area (Å²) in [7, 11) is 0. The topological polar surface area (TPSA) is 0 Å². The highest BCUT2D eigenvalue weighted by Gasteiger charge is 2.14. The minimum atomic E-state index is 1.01. The monoisotopic (exact) mass is 366 g/mol. The molecule has 3 aromatic carbocycles. The Morgan fingerprint density at radius 1 is 0.714 bits per heavy atom. The van der Waals surface area contributed by atoms with Crippen LogP contribution < -0.4 is 0 Å². The Balaban J connectivity index is 1.53. The van der Waals surface area contributed by atoms with Crippen molar-refractivity contribution in [2.45, 2.75) is 52.9 Å². The Bertz CT molecular complexity index is 1020. The Hall–Kier alpha value is -2.60. The number of allylic oxidation sites excluding steroid dienone is 2.